The molecule has 1 aromatic carbocycles. The van der Waals surface area contributed by atoms with E-state index in [0.717, 1.165) is 30.6 Å². The van der Waals surface area contributed by atoms with Gasteiger partial charge in [0.05, 0.1) is 12.3 Å². The largest absolute Gasteiger partial charge is 0.444 e. The number of hydrogen-bond acceptors (Lipinski definition) is 5. The van der Waals surface area contributed by atoms with Crippen LogP contribution in [0.25, 0.3) is 11.5 Å². The van der Waals surface area contributed by atoms with Gasteiger partial charge in [-0.2, -0.15) is 0 Å². The van der Waals surface area contributed by atoms with Crippen LogP contribution in [0.2, 0.25) is 0 Å². The van der Waals surface area contributed by atoms with Crippen molar-refractivity contribution in [3.63, 3.8) is 0 Å². The van der Waals surface area contributed by atoms with Crippen LogP contribution in [0.4, 0.5) is 0 Å². The molecular weight excluding hydrogens is 491 g/mol. The number of nitrogens with one attached hydrogen (secondary N) is 2. The Hall–Kier alpha value is -1.62. The summed E-state index contributed by atoms with van der Waals surface area (Å²) in [5.41, 5.74) is 1.51. The number of sulfone groups is 1. The van der Waals surface area contributed by atoms with E-state index in [1.807, 2.05) is 37.3 Å². The minimum atomic E-state index is -2.98. The number of nitrogens with zero attached hydrogens (tertiary/aromatic N) is 2. The van der Waals surface area contributed by atoms with Gasteiger partial charge in [0, 0.05) is 30.3 Å². The molecule has 7 nitrogen and oxygen atoms in total. The molecule has 1 fully saturated rings. The lowest BCUT2D eigenvalue weighted by molar-refractivity contribution is 0.529. The standard InChI is InChI=1S/C19H26N4O3S.HI/c1-3-20-18(22-13-19(9-10-19)14-27(2,24)25)21-11-16-12-26-17(23-16)15-7-5-4-6-8-15;/h4-8,12H,3,9-11,13-14H2,1-2H3,(H2,20,21,22);1H. The van der Waals surface area contributed by atoms with Crippen LogP contribution in [0.15, 0.2) is 46.0 Å². The molecule has 9 heteroatoms. The number of oxazole rings is 1. The Labute approximate surface area is 183 Å². The van der Waals surface area contributed by atoms with E-state index < -0.39 is 9.84 Å². The summed E-state index contributed by atoms with van der Waals surface area (Å²) in [7, 11) is -2.98. The summed E-state index contributed by atoms with van der Waals surface area (Å²) in [5, 5.41) is 6.46. The van der Waals surface area contributed by atoms with Crippen molar-refractivity contribution in [2.24, 2.45) is 10.4 Å². The molecule has 1 aromatic heterocycles. The van der Waals surface area contributed by atoms with Crippen LogP contribution in [0, 0.1) is 5.41 Å². The van der Waals surface area contributed by atoms with Gasteiger partial charge in [-0.15, -0.1) is 24.0 Å². The van der Waals surface area contributed by atoms with Gasteiger partial charge in [-0.05, 0) is 31.9 Å². The molecule has 3 rings (SSSR count). The smallest absolute Gasteiger partial charge is 0.226 e. The normalized spacial score (nSPS) is 15.6. The van der Waals surface area contributed by atoms with Gasteiger partial charge in [0.25, 0.3) is 0 Å². The van der Waals surface area contributed by atoms with E-state index in [9.17, 15) is 8.42 Å². The van der Waals surface area contributed by atoms with Crippen molar-refractivity contribution in [3.05, 3.63) is 42.3 Å². The molecule has 0 saturated heterocycles. The molecule has 2 aromatic rings. The van der Waals surface area contributed by atoms with Gasteiger partial charge in [0.2, 0.25) is 5.89 Å². The van der Waals surface area contributed by atoms with Crippen LogP contribution < -0.4 is 10.6 Å². The molecular formula is C19H27IN4O3S. The molecule has 1 heterocycles. The highest BCUT2D eigenvalue weighted by Gasteiger charge is 2.45. The van der Waals surface area contributed by atoms with E-state index in [1.54, 1.807) is 6.26 Å². The lowest BCUT2D eigenvalue weighted by Crippen LogP contribution is -2.41. The number of hydrogen-bond donors (Lipinski definition) is 2. The second-order valence-electron chi connectivity index (χ2n) is 7.13. The van der Waals surface area contributed by atoms with Gasteiger partial charge in [-0.25, -0.2) is 18.4 Å². The molecule has 0 amide bonds. The van der Waals surface area contributed by atoms with Crippen LogP contribution in [-0.4, -0.2) is 44.5 Å². The first-order valence-electron chi connectivity index (χ1n) is 9.09. The van der Waals surface area contributed by atoms with E-state index >= 15 is 0 Å². The van der Waals surface area contributed by atoms with Crippen molar-refractivity contribution in [3.8, 4) is 11.5 Å². The molecule has 0 bridgehead atoms. The number of halogens is 1. The first-order chi connectivity index (χ1) is 12.9. The molecule has 0 spiro atoms. The fraction of sp³-hybridized carbons (Fsp3) is 0.474. The van der Waals surface area contributed by atoms with Crippen LogP contribution in [-0.2, 0) is 16.4 Å². The summed E-state index contributed by atoms with van der Waals surface area (Å²) >= 11 is 0. The van der Waals surface area contributed by atoms with E-state index in [-0.39, 0.29) is 35.1 Å². The predicted octanol–water partition coefficient (Wildman–Crippen LogP) is 2.84. The van der Waals surface area contributed by atoms with Crippen molar-refractivity contribution < 1.29 is 12.8 Å². The maximum absolute atomic E-state index is 11.6. The van der Waals surface area contributed by atoms with Gasteiger partial charge >= 0.3 is 0 Å². The molecule has 0 atom stereocenters. The fourth-order valence-electron chi connectivity index (χ4n) is 2.97. The summed E-state index contributed by atoms with van der Waals surface area (Å²) in [6.45, 7) is 3.69. The number of aliphatic imine (C=N–C) groups is 1. The molecule has 1 aliphatic carbocycles. The zero-order valence-corrected chi connectivity index (χ0v) is 19.3. The Morgan fingerprint density at radius 1 is 1.25 bits per heavy atom. The third-order valence-electron chi connectivity index (χ3n) is 4.47. The number of rotatable bonds is 8. The van der Waals surface area contributed by atoms with Crippen molar-refractivity contribution in [2.45, 2.75) is 26.3 Å². The van der Waals surface area contributed by atoms with Crippen LogP contribution >= 0.6 is 24.0 Å². The third-order valence-corrected chi connectivity index (χ3v) is 5.61. The third kappa shape index (κ3) is 6.77. The monoisotopic (exact) mass is 518 g/mol. The Bertz CT molecular complexity index is 893. The number of benzene rings is 1. The molecule has 28 heavy (non-hydrogen) atoms. The second-order valence-corrected chi connectivity index (χ2v) is 9.27. The second kappa shape index (κ2) is 9.73. The van der Waals surface area contributed by atoms with Crippen molar-refractivity contribution in [1.29, 1.82) is 0 Å². The van der Waals surface area contributed by atoms with Crippen molar-refractivity contribution in [2.75, 3.05) is 25.1 Å². The maximum atomic E-state index is 11.6. The SMILES string of the molecule is CCNC(=NCc1coc(-c2ccccc2)n1)NCC1(CS(C)(=O)=O)CC1.I. The molecule has 0 unspecified atom stereocenters. The lowest BCUT2D eigenvalue weighted by Gasteiger charge is -2.17. The zero-order chi connectivity index (χ0) is 19.3. The van der Waals surface area contributed by atoms with Gasteiger partial charge < -0.3 is 15.1 Å². The summed E-state index contributed by atoms with van der Waals surface area (Å²) in [6, 6.07) is 9.72. The Morgan fingerprint density at radius 2 is 1.96 bits per heavy atom. The molecule has 0 radical (unpaired) electrons. The minimum Gasteiger partial charge on any atom is -0.444 e. The highest BCUT2D eigenvalue weighted by Crippen LogP contribution is 2.45. The molecule has 154 valence electrons. The Balaban J connectivity index is 0.00000280. The maximum Gasteiger partial charge on any atom is 0.226 e. The summed E-state index contributed by atoms with van der Waals surface area (Å²) < 4.78 is 28.7. The summed E-state index contributed by atoms with van der Waals surface area (Å²) in [5.74, 6) is 1.45. The summed E-state index contributed by atoms with van der Waals surface area (Å²) in [6.07, 6.45) is 4.76. The first kappa shape index (κ1) is 22.7. The van der Waals surface area contributed by atoms with Crippen molar-refractivity contribution in [1.82, 2.24) is 15.6 Å². The molecule has 1 saturated carbocycles. The van der Waals surface area contributed by atoms with Crippen LogP contribution in [0.5, 0.6) is 0 Å². The first-order valence-corrected chi connectivity index (χ1v) is 11.1. The topological polar surface area (TPSA) is 96.6 Å². The minimum absolute atomic E-state index is 0. The van der Waals surface area contributed by atoms with Gasteiger partial charge in [0.1, 0.15) is 21.8 Å². The van der Waals surface area contributed by atoms with Crippen LogP contribution in [0.1, 0.15) is 25.5 Å². The lowest BCUT2D eigenvalue weighted by atomic mass is 10.1. The average Bonchev–Trinajstić information content (AvgIpc) is 3.20. The van der Waals surface area contributed by atoms with Crippen molar-refractivity contribution >= 4 is 39.8 Å². The fourth-order valence-corrected chi connectivity index (χ4v) is 4.47. The van der Waals surface area contributed by atoms with E-state index in [1.165, 1.54) is 6.26 Å². The Kier molecular flexibility index (Phi) is 7.87. The van der Waals surface area contributed by atoms with Gasteiger partial charge in [-0.3, -0.25) is 0 Å². The summed E-state index contributed by atoms with van der Waals surface area (Å²) in [4.78, 5) is 9.01. The predicted molar refractivity (Wildman–Crippen MR) is 122 cm³/mol. The average molecular weight is 518 g/mol. The number of aromatic nitrogens is 1. The molecule has 2 N–H and O–H groups in total. The quantitative estimate of drug-likeness (QED) is 0.317. The Morgan fingerprint density at radius 3 is 2.57 bits per heavy atom. The highest BCUT2D eigenvalue weighted by molar-refractivity contribution is 14.0. The van der Waals surface area contributed by atoms with E-state index in [2.05, 4.69) is 20.6 Å². The van der Waals surface area contributed by atoms with Gasteiger partial charge in [0.15, 0.2) is 5.96 Å². The van der Waals surface area contributed by atoms with Gasteiger partial charge in [-0.1, -0.05) is 18.2 Å². The van der Waals surface area contributed by atoms with Crippen LogP contribution in [0.3, 0.4) is 0 Å². The molecule has 0 aliphatic heterocycles. The molecule has 1 aliphatic rings. The number of guanidine groups is 1. The van der Waals surface area contributed by atoms with E-state index in [0.29, 0.717) is 24.9 Å². The highest BCUT2D eigenvalue weighted by atomic mass is 127. The van der Waals surface area contributed by atoms with E-state index in [4.69, 9.17) is 4.42 Å². The zero-order valence-electron chi connectivity index (χ0n) is 16.1.